The molecule has 6 nitrogen and oxygen atoms in total. The zero-order valence-electron chi connectivity index (χ0n) is 35.8. The Labute approximate surface area is 368 Å². The molecule has 0 saturated carbocycles. The standard InChI is InChI=1S/C54H60ClNO5/c1-4-6-27-49(58-36-41-19-11-7-12-20-41)51-53(60-38-43-23-15-9-16-24-43)54(61-39-44-25-17-10-18-26-44)52(59-37-42-21-13-8-14-22-42)50(56(51)3)45-30-33-48(55)46(35-45)34-40-28-31-47(32-29-40)57-5-2/h7-26,28-33,35,49-54H,4-6,27,34,36-39H2,1-3H3/t49?,50?,51?,52-,53+,54+/m0/s1. The number of unbranched alkanes of at least 4 members (excludes halogenated alkanes) is 1. The molecular weight excluding hydrogens is 778 g/mol. The van der Waals surface area contributed by atoms with E-state index in [9.17, 15) is 0 Å². The van der Waals surface area contributed by atoms with Crippen molar-refractivity contribution in [3.05, 3.63) is 208 Å². The van der Waals surface area contributed by atoms with Gasteiger partial charge in [-0.2, -0.15) is 0 Å². The Morgan fingerprint density at radius 2 is 1.07 bits per heavy atom. The summed E-state index contributed by atoms with van der Waals surface area (Å²) in [4.78, 5) is 2.46. The molecule has 1 aliphatic rings. The first-order valence-electron chi connectivity index (χ1n) is 21.8. The van der Waals surface area contributed by atoms with Crippen molar-refractivity contribution in [3.63, 3.8) is 0 Å². The van der Waals surface area contributed by atoms with Gasteiger partial charge in [0.1, 0.15) is 24.1 Å². The predicted octanol–water partition coefficient (Wildman–Crippen LogP) is 12.2. The third kappa shape index (κ3) is 12.2. The highest BCUT2D eigenvalue weighted by molar-refractivity contribution is 6.31. The monoisotopic (exact) mass is 837 g/mol. The number of nitrogens with zero attached hydrogens (tertiary/aromatic N) is 1. The Morgan fingerprint density at radius 1 is 0.557 bits per heavy atom. The van der Waals surface area contributed by atoms with Gasteiger partial charge in [-0.25, -0.2) is 0 Å². The van der Waals surface area contributed by atoms with Crippen molar-refractivity contribution >= 4 is 11.6 Å². The zero-order valence-corrected chi connectivity index (χ0v) is 36.5. The first-order valence-corrected chi connectivity index (χ1v) is 22.2. The van der Waals surface area contributed by atoms with Crippen LogP contribution >= 0.6 is 11.6 Å². The lowest BCUT2D eigenvalue weighted by Gasteiger charge is -2.54. The smallest absolute Gasteiger partial charge is 0.119 e. The second-order valence-corrected chi connectivity index (χ2v) is 16.4. The maximum atomic E-state index is 7.23. The fraction of sp³-hybridized carbons (Fsp3) is 0.333. The molecule has 6 aromatic rings. The van der Waals surface area contributed by atoms with Crippen LogP contribution in [0, 0.1) is 0 Å². The van der Waals surface area contributed by atoms with E-state index in [0.29, 0.717) is 39.5 Å². The molecule has 1 saturated heterocycles. The Balaban J connectivity index is 1.34. The van der Waals surface area contributed by atoms with Gasteiger partial charge in [-0.05, 0) is 84.0 Å². The summed E-state index contributed by atoms with van der Waals surface area (Å²) >= 11 is 7.05. The van der Waals surface area contributed by atoms with Gasteiger partial charge in [0.25, 0.3) is 0 Å². The van der Waals surface area contributed by atoms with Gasteiger partial charge in [0, 0.05) is 5.02 Å². The summed E-state index contributed by atoms with van der Waals surface area (Å²) in [7, 11) is 2.21. The average molecular weight is 839 g/mol. The van der Waals surface area contributed by atoms with Crippen LogP contribution < -0.4 is 4.74 Å². The highest BCUT2D eigenvalue weighted by atomic mass is 35.5. The summed E-state index contributed by atoms with van der Waals surface area (Å²) in [6, 6.07) is 55.9. The van der Waals surface area contributed by atoms with E-state index in [1.54, 1.807) is 0 Å². The van der Waals surface area contributed by atoms with Crippen LogP contribution in [0.1, 0.15) is 78.1 Å². The molecule has 1 fully saturated rings. The molecule has 6 atom stereocenters. The number of piperidine rings is 1. The number of likely N-dealkylation sites (tertiary alicyclic amines) is 1. The summed E-state index contributed by atoms with van der Waals surface area (Å²) in [5.41, 5.74) is 7.71. The van der Waals surface area contributed by atoms with E-state index in [2.05, 4.69) is 140 Å². The Kier molecular flexibility index (Phi) is 16.6. The molecular formula is C54H60ClNO5. The normalized spacial score (nSPS) is 19.7. The second kappa shape index (κ2) is 22.9. The lowest BCUT2D eigenvalue weighted by Crippen LogP contribution is -2.66. The van der Waals surface area contributed by atoms with Gasteiger partial charge in [0.15, 0.2) is 0 Å². The quantitative estimate of drug-likeness (QED) is 0.0720. The fourth-order valence-corrected chi connectivity index (χ4v) is 8.70. The Morgan fingerprint density at radius 3 is 1.59 bits per heavy atom. The third-order valence-electron chi connectivity index (χ3n) is 11.6. The molecule has 1 aliphatic heterocycles. The van der Waals surface area contributed by atoms with Crippen molar-refractivity contribution in [1.29, 1.82) is 0 Å². The van der Waals surface area contributed by atoms with E-state index in [0.717, 1.165) is 69.0 Å². The minimum atomic E-state index is -0.478. The van der Waals surface area contributed by atoms with Crippen molar-refractivity contribution in [2.75, 3.05) is 13.7 Å². The van der Waals surface area contributed by atoms with Gasteiger partial charge in [-0.3, -0.25) is 4.90 Å². The predicted molar refractivity (Wildman–Crippen MR) is 246 cm³/mol. The van der Waals surface area contributed by atoms with E-state index in [1.165, 1.54) is 0 Å². The minimum Gasteiger partial charge on any atom is -0.494 e. The van der Waals surface area contributed by atoms with Crippen molar-refractivity contribution in [2.24, 2.45) is 0 Å². The number of rotatable bonds is 21. The molecule has 0 aromatic heterocycles. The molecule has 3 unspecified atom stereocenters. The molecule has 6 aromatic carbocycles. The van der Waals surface area contributed by atoms with E-state index >= 15 is 0 Å². The number of benzene rings is 6. The lowest BCUT2D eigenvalue weighted by molar-refractivity contribution is -0.237. The van der Waals surface area contributed by atoms with E-state index in [1.807, 2.05) is 49.4 Å². The summed E-state index contributed by atoms with van der Waals surface area (Å²) in [5.74, 6) is 0.858. The van der Waals surface area contributed by atoms with Crippen molar-refractivity contribution in [1.82, 2.24) is 4.90 Å². The van der Waals surface area contributed by atoms with Crippen LogP contribution in [-0.2, 0) is 51.8 Å². The van der Waals surface area contributed by atoms with Gasteiger partial charge in [-0.1, -0.05) is 177 Å². The molecule has 0 radical (unpaired) electrons. The topological polar surface area (TPSA) is 49.4 Å². The summed E-state index contributed by atoms with van der Waals surface area (Å²) in [6.45, 7) is 6.59. The first kappa shape index (κ1) is 44.3. The largest absolute Gasteiger partial charge is 0.494 e. The minimum absolute atomic E-state index is 0.179. The number of hydrogen-bond donors (Lipinski definition) is 0. The Hall–Kier alpha value is -4.79. The van der Waals surface area contributed by atoms with Gasteiger partial charge < -0.3 is 23.7 Å². The molecule has 7 rings (SSSR count). The first-order chi connectivity index (χ1) is 30.0. The van der Waals surface area contributed by atoms with E-state index in [-0.39, 0.29) is 18.2 Å². The van der Waals surface area contributed by atoms with Crippen LogP contribution in [0.5, 0.6) is 5.75 Å². The highest BCUT2D eigenvalue weighted by Gasteiger charge is 2.53. The molecule has 318 valence electrons. The number of ether oxygens (including phenoxy) is 5. The molecule has 1 heterocycles. The summed E-state index contributed by atoms with van der Waals surface area (Å²) < 4.78 is 34.5. The fourth-order valence-electron chi connectivity index (χ4n) is 8.52. The molecule has 0 spiro atoms. The van der Waals surface area contributed by atoms with Crippen LogP contribution in [0.25, 0.3) is 0 Å². The van der Waals surface area contributed by atoms with Gasteiger partial charge in [0.2, 0.25) is 0 Å². The SMILES string of the molecule is CCCCC(OCc1ccccc1)C1[C@@H](OCc2ccccc2)[C@H](OCc2ccccc2)[C@@H](OCc2ccccc2)C(c2ccc(Cl)c(Cc3ccc(OCC)cc3)c2)N1C. The van der Waals surface area contributed by atoms with E-state index in [4.69, 9.17) is 35.3 Å². The van der Waals surface area contributed by atoms with Crippen molar-refractivity contribution in [3.8, 4) is 5.75 Å². The maximum absolute atomic E-state index is 7.23. The number of halogens is 1. The number of hydrogen-bond acceptors (Lipinski definition) is 6. The van der Waals surface area contributed by atoms with Crippen LogP contribution in [0.2, 0.25) is 5.02 Å². The molecule has 0 bridgehead atoms. The number of likely N-dealkylation sites (N-methyl/N-ethyl adjacent to an activating group) is 1. The molecule has 0 amide bonds. The van der Waals surface area contributed by atoms with Crippen LogP contribution in [0.3, 0.4) is 0 Å². The molecule has 0 aliphatic carbocycles. The molecule has 0 N–H and O–H groups in total. The van der Waals surface area contributed by atoms with Crippen molar-refractivity contribution in [2.45, 2.75) is 102 Å². The molecule has 7 heteroatoms. The van der Waals surface area contributed by atoms with Crippen LogP contribution in [0.4, 0.5) is 0 Å². The molecule has 61 heavy (non-hydrogen) atoms. The summed E-state index contributed by atoms with van der Waals surface area (Å²) in [5, 5.41) is 0.724. The average Bonchev–Trinajstić information content (AvgIpc) is 3.30. The van der Waals surface area contributed by atoms with Crippen LogP contribution in [0.15, 0.2) is 164 Å². The lowest BCUT2D eigenvalue weighted by atomic mass is 9.80. The van der Waals surface area contributed by atoms with E-state index < -0.39 is 18.3 Å². The highest BCUT2D eigenvalue weighted by Crippen LogP contribution is 2.43. The third-order valence-corrected chi connectivity index (χ3v) is 12.0. The maximum Gasteiger partial charge on any atom is 0.119 e. The van der Waals surface area contributed by atoms with Crippen molar-refractivity contribution < 1.29 is 23.7 Å². The van der Waals surface area contributed by atoms with Crippen LogP contribution in [-0.4, -0.2) is 49.0 Å². The van der Waals surface area contributed by atoms with Gasteiger partial charge >= 0.3 is 0 Å². The Bertz CT molecular complexity index is 2160. The van der Waals surface area contributed by atoms with Gasteiger partial charge in [-0.15, -0.1) is 0 Å². The second-order valence-electron chi connectivity index (χ2n) is 16.0. The zero-order chi connectivity index (χ0) is 42.2. The summed E-state index contributed by atoms with van der Waals surface area (Å²) in [6.07, 6.45) is 2.08. The van der Waals surface area contributed by atoms with Gasteiger partial charge in [0.05, 0.1) is 51.2 Å².